The van der Waals surface area contributed by atoms with Gasteiger partial charge in [-0.3, -0.25) is 9.78 Å². The smallest absolute Gasteiger partial charge is 0.326 e. The highest BCUT2D eigenvalue weighted by Crippen LogP contribution is 2.34. The molecule has 0 radical (unpaired) electrons. The maximum atomic E-state index is 12.4. The summed E-state index contributed by atoms with van der Waals surface area (Å²) < 4.78 is 5.87. The van der Waals surface area contributed by atoms with Gasteiger partial charge < -0.3 is 15.2 Å². The number of nitrogens with zero attached hydrogens (tertiary/aromatic N) is 1. The molecule has 1 amide bonds. The summed E-state index contributed by atoms with van der Waals surface area (Å²) in [6.45, 7) is 0.280. The second kappa shape index (κ2) is 11.5. The van der Waals surface area contributed by atoms with E-state index in [1.54, 1.807) is 0 Å². The molecular weight excluding hydrogens is 475 g/mol. The Kier molecular flexibility index (Phi) is 8.46. The van der Waals surface area contributed by atoms with Gasteiger partial charge in [0.1, 0.15) is 6.04 Å². The number of benzene rings is 1. The summed E-state index contributed by atoms with van der Waals surface area (Å²) in [5.41, 5.74) is 4.15. The molecule has 182 valence electrons. The van der Waals surface area contributed by atoms with Gasteiger partial charge in [0.15, 0.2) is 0 Å². The predicted octanol–water partition coefficient (Wildman–Crippen LogP) is 5.27. The molecule has 0 aliphatic heterocycles. The van der Waals surface area contributed by atoms with Crippen LogP contribution in [0, 0.1) is 5.92 Å². The van der Waals surface area contributed by atoms with Crippen LogP contribution in [0.25, 0.3) is 0 Å². The number of rotatable bonds is 10. The molecule has 2 aliphatic rings. The number of carboxylic acids is 1. The molecular formula is C26H30Cl2N2O4. The van der Waals surface area contributed by atoms with Gasteiger partial charge in [-0.15, -0.1) is 0 Å². The Morgan fingerprint density at radius 1 is 1.12 bits per heavy atom. The first-order valence-corrected chi connectivity index (χ1v) is 12.7. The zero-order chi connectivity index (χ0) is 24.1. The summed E-state index contributed by atoms with van der Waals surface area (Å²) in [7, 11) is 0. The summed E-state index contributed by atoms with van der Waals surface area (Å²) in [5.74, 6) is -0.987. The first kappa shape index (κ1) is 25.0. The first-order chi connectivity index (χ1) is 16.4. The fourth-order valence-electron chi connectivity index (χ4n) is 4.65. The van der Waals surface area contributed by atoms with E-state index in [0.29, 0.717) is 10.9 Å². The second-order valence-electron chi connectivity index (χ2n) is 9.27. The lowest BCUT2D eigenvalue weighted by Gasteiger charge is -2.35. The molecule has 1 fully saturated rings. The molecule has 0 spiro atoms. The number of hydrogen-bond donors (Lipinski definition) is 2. The molecule has 34 heavy (non-hydrogen) atoms. The van der Waals surface area contributed by atoms with Crippen molar-refractivity contribution in [3.8, 4) is 0 Å². The number of aromatic nitrogens is 1. The normalized spacial score (nSPS) is 20.2. The number of hydrogen-bond acceptors (Lipinski definition) is 4. The first-order valence-electron chi connectivity index (χ1n) is 12.0. The lowest BCUT2D eigenvalue weighted by atomic mass is 9.79. The van der Waals surface area contributed by atoms with E-state index in [4.69, 9.17) is 32.9 Å². The monoisotopic (exact) mass is 504 g/mol. The van der Waals surface area contributed by atoms with Gasteiger partial charge in [0, 0.05) is 30.0 Å². The minimum atomic E-state index is -1.10. The molecule has 1 unspecified atom stereocenters. The number of ether oxygens (including phenoxy) is 1. The fraction of sp³-hybridized carbons (Fsp3) is 0.500. The molecule has 1 aromatic carbocycles. The Morgan fingerprint density at radius 2 is 1.91 bits per heavy atom. The van der Waals surface area contributed by atoms with E-state index >= 15 is 0 Å². The number of carbonyl (C=O) groups is 2. The van der Waals surface area contributed by atoms with Gasteiger partial charge in [0.05, 0.1) is 16.1 Å². The van der Waals surface area contributed by atoms with Crippen LogP contribution in [0.2, 0.25) is 10.0 Å². The Bertz CT molecular complexity index is 1040. The molecule has 0 saturated heterocycles. The molecule has 1 heterocycles. The molecule has 6 nitrogen and oxygen atoms in total. The van der Waals surface area contributed by atoms with E-state index in [1.807, 2.05) is 0 Å². The highest BCUT2D eigenvalue weighted by molar-refractivity contribution is 6.42. The average Bonchev–Trinajstić information content (AvgIpc) is 2.80. The van der Waals surface area contributed by atoms with Crippen molar-refractivity contribution < 1.29 is 19.4 Å². The van der Waals surface area contributed by atoms with Crippen LogP contribution in [0.1, 0.15) is 65.8 Å². The predicted molar refractivity (Wildman–Crippen MR) is 132 cm³/mol. The highest BCUT2D eigenvalue weighted by Gasteiger charge is 2.30. The number of carbonyl (C=O) groups excluding carboxylic acids is 1. The van der Waals surface area contributed by atoms with Crippen LogP contribution in [0.4, 0.5) is 0 Å². The number of fused-ring (bicyclic) bond motifs is 1. The minimum Gasteiger partial charge on any atom is -0.480 e. The molecule has 4 rings (SSSR count). The Balaban J connectivity index is 1.15. The summed E-state index contributed by atoms with van der Waals surface area (Å²) in [4.78, 5) is 28.8. The van der Waals surface area contributed by atoms with E-state index < -0.39 is 17.9 Å². The molecule has 1 saturated carbocycles. The lowest BCUT2D eigenvalue weighted by Crippen LogP contribution is -2.42. The van der Waals surface area contributed by atoms with Crippen molar-refractivity contribution in [3.05, 3.63) is 62.9 Å². The van der Waals surface area contributed by atoms with Crippen LogP contribution >= 0.6 is 23.2 Å². The standard InChI is InChI=1S/C26H30Cl2N2O4/c27-21-10-7-18(15-22(21)28)25(31)30-24(26(32)33)11-12-34-20-13-16(14-20)5-8-19-9-6-17-3-1-2-4-23(17)29-19/h6-7,9-10,15-16,20,24H,1-5,8,11-14H2,(H,30,31)(H,32,33). The van der Waals surface area contributed by atoms with Crippen molar-refractivity contribution in [2.24, 2.45) is 5.92 Å². The number of amides is 1. The number of aliphatic carboxylic acids is 1. The number of halogens is 2. The van der Waals surface area contributed by atoms with E-state index in [2.05, 4.69) is 17.4 Å². The molecule has 1 atom stereocenters. The van der Waals surface area contributed by atoms with Gasteiger partial charge in [0.2, 0.25) is 0 Å². The zero-order valence-electron chi connectivity index (χ0n) is 19.1. The second-order valence-corrected chi connectivity index (χ2v) is 10.1. The van der Waals surface area contributed by atoms with Crippen molar-refractivity contribution in [2.45, 2.75) is 69.9 Å². The van der Waals surface area contributed by atoms with Gasteiger partial charge >= 0.3 is 5.97 Å². The maximum absolute atomic E-state index is 12.4. The van der Waals surface area contributed by atoms with Crippen LogP contribution in [0.15, 0.2) is 30.3 Å². The SMILES string of the molecule is O=C(NC(CCOC1CC(CCc2ccc3c(n2)CCCC3)C1)C(=O)O)c1ccc(Cl)c(Cl)c1. The Hall–Kier alpha value is -2.15. The summed E-state index contributed by atoms with van der Waals surface area (Å²) >= 11 is 11.8. The van der Waals surface area contributed by atoms with Gasteiger partial charge in [-0.25, -0.2) is 4.79 Å². The molecule has 2 N–H and O–H groups in total. The number of nitrogens with one attached hydrogen (secondary N) is 1. The van der Waals surface area contributed by atoms with Crippen molar-refractivity contribution in [2.75, 3.05) is 6.61 Å². The summed E-state index contributed by atoms with van der Waals surface area (Å²) in [6, 6.07) is 7.83. The molecule has 1 aromatic heterocycles. The molecule has 2 aromatic rings. The Morgan fingerprint density at radius 3 is 2.68 bits per heavy atom. The highest BCUT2D eigenvalue weighted by atomic mass is 35.5. The van der Waals surface area contributed by atoms with E-state index in [0.717, 1.165) is 38.5 Å². The van der Waals surface area contributed by atoms with Crippen LogP contribution in [-0.4, -0.2) is 40.7 Å². The number of pyridine rings is 1. The van der Waals surface area contributed by atoms with Gasteiger partial charge in [0.25, 0.3) is 5.91 Å². The van der Waals surface area contributed by atoms with E-state index in [-0.39, 0.29) is 29.7 Å². The van der Waals surface area contributed by atoms with E-state index in [1.165, 1.54) is 48.0 Å². The minimum absolute atomic E-state index is 0.154. The third-order valence-corrected chi connectivity index (χ3v) is 7.52. The average molecular weight is 505 g/mol. The quantitative estimate of drug-likeness (QED) is 0.460. The zero-order valence-corrected chi connectivity index (χ0v) is 20.6. The fourth-order valence-corrected chi connectivity index (χ4v) is 4.95. The van der Waals surface area contributed by atoms with Crippen LogP contribution in [0.5, 0.6) is 0 Å². The largest absolute Gasteiger partial charge is 0.480 e. The van der Waals surface area contributed by atoms with Crippen molar-refractivity contribution in [3.63, 3.8) is 0 Å². The maximum Gasteiger partial charge on any atom is 0.326 e. The number of aryl methyl sites for hydroxylation is 3. The van der Waals surface area contributed by atoms with E-state index in [9.17, 15) is 14.7 Å². The van der Waals surface area contributed by atoms with Crippen LogP contribution in [0.3, 0.4) is 0 Å². The van der Waals surface area contributed by atoms with Crippen LogP contribution < -0.4 is 5.32 Å². The Labute approximate surface area is 210 Å². The summed E-state index contributed by atoms with van der Waals surface area (Å²) in [5, 5.41) is 12.6. The third kappa shape index (κ3) is 6.49. The van der Waals surface area contributed by atoms with Gasteiger partial charge in [-0.2, -0.15) is 0 Å². The number of carboxylic acid groups (broad SMARTS) is 1. The third-order valence-electron chi connectivity index (χ3n) is 6.78. The molecule has 0 bridgehead atoms. The lowest BCUT2D eigenvalue weighted by molar-refractivity contribution is -0.140. The molecule has 2 aliphatic carbocycles. The van der Waals surface area contributed by atoms with Crippen LogP contribution in [-0.2, 0) is 28.8 Å². The van der Waals surface area contributed by atoms with Gasteiger partial charge in [-0.1, -0.05) is 29.3 Å². The molecule has 8 heteroatoms. The van der Waals surface area contributed by atoms with Crippen molar-refractivity contribution in [1.29, 1.82) is 0 Å². The van der Waals surface area contributed by atoms with Crippen molar-refractivity contribution in [1.82, 2.24) is 10.3 Å². The summed E-state index contributed by atoms with van der Waals surface area (Å²) in [6.07, 6.45) is 9.19. The topological polar surface area (TPSA) is 88.5 Å². The van der Waals surface area contributed by atoms with Gasteiger partial charge in [-0.05, 0) is 87.1 Å². The van der Waals surface area contributed by atoms with Crippen molar-refractivity contribution >= 4 is 35.1 Å².